The van der Waals surface area contributed by atoms with Crippen LogP contribution in [0.3, 0.4) is 0 Å². The van der Waals surface area contributed by atoms with Crippen LogP contribution in [0.15, 0.2) is 23.6 Å². The molecule has 0 aliphatic heterocycles. The molecule has 0 saturated heterocycles. The van der Waals surface area contributed by atoms with E-state index in [-0.39, 0.29) is 6.04 Å². The highest BCUT2D eigenvalue weighted by atomic mass is 32.1. The second kappa shape index (κ2) is 6.15. The van der Waals surface area contributed by atoms with Crippen LogP contribution in [0.25, 0.3) is 0 Å². The van der Waals surface area contributed by atoms with Gasteiger partial charge in [-0.3, -0.25) is 0 Å². The van der Waals surface area contributed by atoms with Crippen molar-refractivity contribution in [1.82, 2.24) is 0 Å². The van der Waals surface area contributed by atoms with E-state index in [2.05, 4.69) is 18.4 Å². The lowest BCUT2D eigenvalue weighted by Crippen LogP contribution is -2.11. The summed E-state index contributed by atoms with van der Waals surface area (Å²) in [6.45, 7) is 2.07. The summed E-state index contributed by atoms with van der Waals surface area (Å²) in [4.78, 5) is 1.24. The molecule has 0 bridgehead atoms. The van der Waals surface area contributed by atoms with Crippen molar-refractivity contribution in [2.45, 2.75) is 13.0 Å². The number of methoxy groups -OCH3 is 3. The van der Waals surface area contributed by atoms with Crippen LogP contribution in [-0.4, -0.2) is 21.3 Å². The van der Waals surface area contributed by atoms with Gasteiger partial charge in [0.25, 0.3) is 0 Å². The van der Waals surface area contributed by atoms with Gasteiger partial charge in [0.15, 0.2) is 11.5 Å². The minimum absolute atomic E-state index is 0.214. The zero-order valence-corrected chi connectivity index (χ0v) is 12.9. The third-order valence-corrected chi connectivity index (χ3v) is 4.04. The first kappa shape index (κ1) is 14.7. The Morgan fingerprint density at radius 3 is 1.95 bits per heavy atom. The molecule has 1 unspecified atom stereocenters. The van der Waals surface area contributed by atoms with E-state index >= 15 is 0 Å². The molecule has 0 spiro atoms. The van der Waals surface area contributed by atoms with Gasteiger partial charge in [-0.15, -0.1) is 11.3 Å². The van der Waals surface area contributed by atoms with Crippen LogP contribution in [0.1, 0.15) is 22.0 Å². The molecule has 0 aliphatic carbocycles. The highest BCUT2D eigenvalue weighted by molar-refractivity contribution is 7.10. The fraction of sp³-hybridized carbons (Fsp3) is 0.333. The average molecular weight is 293 g/mol. The van der Waals surface area contributed by atoms with Gasteiger partial charge >= 0.3 is 0 Å². The van der Waals surface area contributed by atoms with Crippen molar-refractivity contribution in [2.75, 3.05) is 21.3 Å². The maximum Gasteiger partial charge on any atom is 0.203 e. The molecular formula is C15H19NO3S. The zero-order valence-electron chi connectivity index (χ0n) is 12.1. The van der Waals surface area contributed by atoms with E-state index in [1.165, 1.54) is 4.88 Å². The maximum absolute atomic E-state index is 6.32. The molecule has 0 amide bonds. The average Bonchev–Trinajstić information content (AvgIpc) is 2.91. The van der Waals surface area contributed by atoms with Gasteiger partial charge in [-0.2, -0.15) is 0 Å². The summed E-state index contributed by atoms with van der Waals surface area (Å²) in [5.74, 6) is 1.81. The van der Waals surface area contributed by atoms with E-state index < -0.39 is 0 Å². The maximum atomic E-state index is 6.32. The Morgan fingerprint density at radius 2 is 1.55 bits per heavy atom. The molecule has 0 radical (unpaired) electrons. The summed E-state index contributed by atoms with van der Waals surface area (Å²) in [5.41, 5.74) is 8.34. The van der Waals surface area contributed by atoms with Gasteiger partial charge in [-0.1, -0.05) is 0 Å². The van der Waals surface area contributed by atoms with Crippen molar-refractivity contribution < 1.29 is 14.2 Å². The molecule has 2 aromatic rings. The van der Waals surface area contributed by atoms with E-state index in [1.54, 1.807) is 32.7 Å². The van der Waals surface area contributed by atoms with Crippen molar-refractivity contribution in [2.24, 2.45) is 5.73 Å². The summed E-state index contributed by atoms with van der Waals surface area (Å²) in [5, 5.41) is 2.07. The SMILES string of the molecule is COc1cc(C(N)c2csc(C)c2)cc(OC)c1OC. The van der Waals surface area contributed by atoms with Gasteiger partial charge in [0.2, 0.25) is 5.75 Å². The molecule has 5 heteroatoms. The molecule has 2 rings (SSSR count). The number of nitrogens with two attached hydrogens (primary N) is 1. The molecule has 1 aromatic heterocycles. The topological polar surface area (TPSA) is 53.7 Å². The van der Waals surface area contributed by atoms with Crippen LogP contribution in [0.2, 0.25) is 0 Å². The minimum Gasteiger partial charge on any atom is -0.493 e. The van der Waals surface area contributed by atoms with Crippen molar-refractivity contribution in [3.63, 3.8) is 0 Å². The third kappa shape index (κ3) is 2.73. The number of hydrogen-bond acceptors (Lipinski definition) is 5. The smallest absolute Gasteiger partial charge is 0.203 e. The fourth-order valence-corrected chi connectivity index (χ4v) is 2.84. The largest absolute Gasteiger partial charge is 0.493 e. The summed E-state index contributed by atoms with van der Waals surface area (Å²) in [6, 6.07) is 5.66. The predicted octanol–water partition coefficient (Wildman–Crippen LogP) is 3.13. The molecule has 1 atom stereocenters. The first-order valence-electron chi connectivity index (χ1n) is 6.21. The van der Waals surface area contributed by atoms with Gasteiger partial charge in [-0.25, -0.2) is 0 Å². The molecule has 4 nitrogen and oxygen atoms in total. The summed E-state index contributed by atoms with van der Waals surface area (Å²) in [7, 11) is 4.78. The Hall–Kier alpha value is -1.72. The molecule has 0 saturated carbocycles. The summed E-state index contributed by atoms with van der Waals surface area (Å²) >= 11 is 1.69. The summed E-state index contributed by atoms with van der Waals surface area (Å²) < 4.78 is 16.0. The number of aryl methyl sites for hydroxylation is 1. The second-order valence-corrected chi connectivity index (χ2v) is 5.54. The highest BCUT2D eigenvalue weighted by Gasteiger charge is 2.18. The van der Waals surface area contributed by atoms with Crippen molar-refractivity contribution in [1.29, 1.82) is 0 Å². The molecule has 1 heterocycles. The Labute approximate surface area is 123 Å². The van der Waals surface area contributed by atoms with Gasteiger partial charge in [-0.05, 0) is 41.6 Å². The van der Waals surface area contributed by atoms with Crippen molar-refractivity contribution in [3.05, 3.63) is 39.6 Å². The normalized spacial score (nSPS) is 12.1. The van der Waals surface area contributed by atoms with E-state index in [0.29, 0.717) is 17.2 Å². The van der Waals surface area contributed by atoms with Gasteiger partial charge in [0, 0.05) is 4.88 Å². The molecular weight excluding hydrogens is 274 g/mol. The molecule has 0 aliphatic rings. The second-order valence-electron chi connectivity index (χ2n) is 4.43. The van der Waals surface area contributed by atoms with E-state index in [9.17, 15) is 0 Å². The van der Waals surface area contributed by atoms with Crippen molar-refractivity contribution in [3.8, 4) is 17.2 Å². The van der Waals surface area contributed by atoms with Crippen LogP contribution < -0.4 is 19.9 Å². The van der Waals surface area contributed by atoms with Gasteiger partial charge in [0.1, 0.15) is 0 Å². The quantitative estimate of drug-likeness (QED) is 0.920. The number of rotatable bonds is 5. The minimum atomic E-state index is -0.214. The summed E-state index contributed by atoms with van der Waals surface area (Å²) in [6.07, 6.45) is 0. The Kier molecular flexibility index (Phi) is 4.52. The number of benzene rings is 1. The Bertz CT molecular complexity index is 570. The lowest BCUT2D eigenvalue weighted by molar-refractivity contribution is 0.323. The molecule has 108 valence electrons. The molecule has 1 aromatic carbocycles. The molecule has 0 fully saturated rings. The third-order valence-electron chi connectivity index (χ3n) is 3.16. The monoisotopic (exact) mass is 293 g/mol. The lowest BCUT2D eigenvalue weighted by Gasteiger charge is -2.17. The van der Waals surface area contributed by atoms with E-state index in [4.69, 9.17) is 19.9 Å². The fourth-order valence-electron chi connectivity index (χ4n) is 2.10. The number of ether oxygens (including phenoxy) is 3. The highest BCUT2D eigenvalue weighted by Crippen LogP contribution is 2.40. The molecule has 2 N–H and O–H groups in total. The number of thiophene rings is 1. The van der Waals surface area contributed by atoms with Crippen molar-refractivity contribution >= 4 is 11.3 Å². The van der Waals surface area contributed by atoms with Crippen LogP contribution >= 0.6 is 11.3 Å². The molecule has 20 heavy (non-hydrogen) atoms. The zero-order chi connectivity index (χ0) is 14.7. The Balaban J connectivity index is 2.46. The van der Waals surface area contributed by atoms with Crippen LogP contribution in [0, 0.1) is 6.92 Å². The first-order chi connectivity index (χ1) is 9.60. The predicted molar refractivity (Wildman–Crippen MR) is 81.2 cm³/mol. The van der Waals surface area contributed by atoms with Crippen LogP contribution in [-0.2, 0) is 0 Å². The lowest BCUT2D eigenvalue weighted by atomic mass is 10.0. The standard InChI is InChI=1S/C15H19NO3S/c1-9-5-11(8-20-9)14(16)10-6-12(17-2)15(19-4)13(7-10)18-3/h5-8,14H,16H2,1-4H3. The van der Waals surface area contributed by atoms with Crippen LogP contribution in [0.4, 0.5) is 0 Å². The first-order valence-corrected chi connectivity index (χ1v) is 7.09. The van der Waals surface area contributed by atoms with E-state index in [0.717, 1.165) is 11.1 Å². The van der Waals surface area contributed by atoms with Gasteiger partial charge < -0.3 is 19.9 Å². The number of hydrogen-bond donors (Lipinski definition) is 1. The van der Waals surface area contributed by atoms with Crippen LogP contribution in [0.5, 0.6) is 17.2 Å². The Morgan fingerprint density at radius 1 is 0.950 bits per heavy atom. The van der Waals surface area contributed by atoms with E-state index in [1.807, 2.05) is 12.1 Å². The van der Waals surface area contributed by atoms with Gasteiger partial charge in [0.05, 0.1) is 27.4 Å².